The molecule has 1 unspecified atom stereocenters. The van der Waals surface area contributed by atoms with Gasteiger partial charge in [0.25, 0.3) is 0 Å². The first-order valence-electron chi connectivity index (χ1n) is 6.17. The largest absolute Gasteiger partial charge is 0.367 e. The van der Waals surface area contributed by atoms with Gasteiger partial charge < -0.3 is 10.2 Å². The molecule has 2 fully saturated rings. The highest BCUT2D eigenvalue weighted by molar-refractivity contribution is 6.33. The molecule has 1 aliphatic heterocycles. The van der Waals surface area contributed by atoms with E-state index in [1.165, 1.54) is 25.0 Å². The van der Waals surface area contributed by atoms with E-state index in [0.29, 0.717) is 11.1 Å². The maximum atomic E-state index is 13.0. The zero-order valence-electron chi connectivity index (χ0n) is 9.63. The third-order valence-corrected chi connectivity index (χ3v) is 3.95. The van der Waals surface area contributed by atoms with Crippen LogP contribution in [0.1, 0.15) is 12.8 Å². The van der Waals surface area contributed by atoms with Crippen LogP contribution in [0.15, 0.2) is 18.2 Å². The Hall–Kier alpha value is -0.800. The summed E-state index contributed by atoms with van der Waals surface area (Å²) in [5.41, 5.74) is 0.959. The van der Waals surface area contributed by atoms with E-state index < -0.39 is 0 Å². The highest BCUT2D eigenvalue weighted by Crippen LogP contribution is 2.35. The molecule has 1 saturated carbocycles. The third-order valence-electron chi connectivity index (χ3n) is 3.65. The Kier molecular flexibility index (Phi) is 2.97. The second kappa shape index (κ2) is 4.46. The minimum absolute atomic E-state index is 0.271. The van der Waals surface area contributed by atoms with Crippen LogP contribution in [-0.4, -0.2) is 25.7 Å². The van der Waals surface area contributed by atoms with E-state index in [1.807, 2.05) is 0 Å². The summed E-state index contributed by atoms with van der Waals surface area (Å²) < 4.78 is 13.0. The molecule has 1 aromatic carbocycles. The van der Waals surface area contributed by atoms with Crippen molar-refractivity contribution in [2.24, 2.45) is 5.92 Å². The van der Waals surface area contributed by atoms with Crippen molar-refractivity contribution in [1.29, 1.82) is 0 Å². The van der Waals surface area contributed by atoms with Crippen LogP contribution < -0.4 is 10.2 Å². The Morgan fingerprint density at radius 2 is 2.18 bits per heavy atom. The number of benzene rings is 1. The Labute approximate surface area is 106 Å². The van der Waals surface area contributed by atoms with Crippen LogP contribution in [0.5, 0.6) is 0 Å². The van der Waals surface area contributed by atoms with Crippen molar-refractivity contribution in [3.05, 3.63) is 29.0 Å². The van der Waals surface area contributed by atoms with Gasteiger partial charge in [-0.05, 0) is 37.0 Å². The predicted octanol–water partition coefficient (Wildman–Crippen LogP) is 2.67. The smallest absolute Gasteiger partial charge is 0.124 e. The Bertz CT molecular complexity index is 420. The molecule has 1 N–H and O–H groups in total. The van der Waals surface area contributed by atoms with Gasteiger partial charge in [0, 0.05) is 25.7 Å². The molecule has 0 radical (unpaired) electrons. The normalized spacial score (nSPS) is 25.1. The third kappa shape index (κ3) is 2.40. The Balaban J connectivity index is 1.77. The van der Waals surface area contributed by atoms with E-state index in [2.05, 4.69) is 10.2 Å². The summed E-state index contributed by atoms with van der Waals surface area (Å²) in [6, 6.07) is 5.23. The van der Waals surface area contributed by atoms with Crippen LogP contribution in [0.4, 0.5) is 10.1 Å². The lowest BCUT2D eigenvalue weighted by Crippen LogP contribution is -2.51. The second-order valence-corrected chi connectivity index (χ2v) is 5.35. The van der Waals surface area contributed by atoms with E-state index >= 15 is 0 Å². The fourth-order valence-electron chi connectivity index (χ4n) is 2.55. The van der Waals surface area contributed by atoms with Crippen molar-refractivity contribution in [2.45, 2.75) is 18.9 Å². The van der Waals surface area contributed by atoms with E-state index in [9.17, 15) is 4.39 Å². The number of hydrogen-bond donors (Lipinski definition) is 1. The maximum Gasteiger partial charge on any atom is 0.124 e. The fraction of sp³-hybridized carbons (Fsp3) is 0.538. The number of rotatable bonds is 2. The van der Waals surface area contributed by atoms with Gasteiger partial charge in [-0.1, -0.05) is 11.6 Å². The summed E-state index contributed by atoms with van der Waals surface area (Å²) in [5, 5.41) is 4.07. The molecule has 0 amide bonds. The summed E-state index contributed by atoms with van der Waals surface area (Å²) in [5.74, 6) is 0.560. The maximum absolute atomic E-state index is 13.0. The molecular weight excluding hydrogens is 239 g/mol. The summed E-state index contributed by atoms with van der Waals surface area (Å²) in [7, 11) is 0. The van der Waals surface area contributed by atoms with Crippen molar-refractivity contribution in [1.82, 2.24) is 5.32 Å². The predicted molar refractivity (Wildman–Crippen MR) is 68.1 cm³/mol. The molecule has 0 bridgehead atoms. The highest BCUT2D eigenvalue weighted by Gasteiger charge is 2.34. The van der Waals surface area contributed by atoms with Crippen LogP contribution in [0.2, 0.25) is 5.02 Å². The lowest BCUT2D eigenvalue weighted by atomic mass is 10.1. The molecule has 3 rings (SSSR count). The minimum Gasteiger partial charge on any atom is -0.367 e. The molecule has 1 aromatic rings. The first-order chi connectivity index (χ1) is 8.24. The van der Waals surface area contributed by atoms with Gasteiger partial charge in [-0.3, -0.25) is 0 Å². The zero-order chi connectivity index (χ0) is 11.8. The van der Waals surface area contributed by atoms with Gasteiger partial charge in [0.1, 0.15) is 5.82 Å². The summed E-state index contributed by atoms with van der Waals surface area (Å²) in [4.78, 5) is 2.27. The zero-order valence-corrected chi connectivity index (χ0v) is 10.4. The molecule has 1 aliphatic carbocycles. The van der Waals surface area contributed by atoms with Gasteiger partial charge in [-0.25, -0.2) is 4.39 Å². The molecule has 2 aliphatic rings. The van der Waals surface area contributed by atoms with Gasteiger partial charge in [0.05, 0.1) is 10.7 Å². The van der Waals surface area contributed by atoms with E-state index in [-0.39, 0.29) is 5.82 Å². The topological polar surface area (TPSA) is 15.3 Å². The van der Waals surface area contributed by atoms with E-state index in [1.54, 1.807) is 6.07 Å². The molecule has 4 heteroatoms. The number of halogens is 2. The summed E-state index contributed by atoms with van der Waals surface area (Å²) >= 11 is 6.10. The van der Waals surface area contributed by atoms with Crippen molar-refractivity contribution in [2.75, 3.05) is 24.5 Å². The molecule has 1 atom stereocenters. The lowest BCUT2D eigenvalue weighted by Gasteiger charge is -2.36. The first kappa shape index (κ1) is 11.3. The van der Waals surface area contributed by atoms with Gasteiger partial charge in [-0.15, -0.1) is 0 Å². The van der Waals surface area contributed by atoms with Crippen LogP contribution >= 0.6 is 11.6 Å². The Morgan fingerprint density at radius 1 is 1.35 bits per heavy atom. The summed E-state index contributed by atoms with van der Waals surface area (Å²) in [6.07, 6.45) is 2.67. The Morgan fingerprint density at radius 3 is 2.88 bits per heavy atom. The first-order valence-corrected chi connectivity index (χ1v) is 6.55. The molecule has 92 valence electrons. The van der Waals surface area contributed by atoms with E-state index in [4.69, 9.17) is 11.6 Å². The van der Waals surface area contributed by atoms with Gasteiger partial charge in [-0.2, -0.15) is 0 Å². The second-order valence-electron chi connectivity index (χ2n) is 4.94. The minimum atomic E-state index is -0.271. The standard InChI is InChI=1S/C13H16ClFN2/c14-11-7-10(15)3-4-13(11)17-6-5-16-12(8-17)9-1-2-9/h3-4,7,9,12,16H,1-2,5-6,8H2. The fourth-order valence-corrected chi connectivity index (χ4v) is 2.84. The number of anilines is 1. The molecule has 0 aromatic heterocycles. The van der Waals surface area contributed by atoms with Crippen molar-refractivity contribution in [3.63, 3.8) is 0 Å². The molecular formula is C13H16ClFN2. The molecule has 0 spiro atoms. The number of piperazine rings is 1. The van der Waals surface area contributed by atoms with Gasteiger partial charge in [0.2, 0.25) is 0 Å². The quantitative estimate of drug-likeness (QED) is 0.873. The van der Waals surface area contributed by atoms with Crippen LogP contribution in [0.25, 0.3) is 0 Å². The van der Waals surface area contributed by atoms with Crippen molar-refractivity contribution < 1.29 is 4.39 Å². The highest BCUT2D eigenvalue weighted by atomic mass is 35.5. The average molecular weight is 255 g/mol. The van der Waals surface area contributed by atoms with Crippen molar-refractivity contribution >= 4 is 17.3 Å². The summed E-state index contributed by atoms with van der Waals surface area (Å²) in [6.45, 7) is 2.90. The molecule has 1 heterocycles. The SMILES string of the molecule is Fc1ccc(N2CCNC(C3CC3)C2)c(Cl)c1. The van der Waals surface area contributed by atoms with Crippen LogP contribution in [-0.2, 0) is 0 Å². The number of nitrogens with zero attached hydrogens (tertiary/aromatic N) is 1. The molecule has 2 nitrogen and oxygen atoms in total. The van der Waals surface area contributed by atoms with Crippen LogP contribution in [0, 0.1) is 11.7 Å². The monoisotopic (exact) mass is 254 g/mol. The van der Waals surface area contributed by atoms with Crippen molar-refractivity contribution in [3.8, 4) is 0 Å². The average Bonchev–Trinajstić information content (AvgIpc) is 3.13. The van der Waals surface area contributed by atoms with Gasteiger partial charge >= 0.3 is 0 Å². The van der Waals surface area contributed by atoms with E-state index in [0.717, 1.165) is 31.2 Å². The molecule has 1 saturated heterocycles. The number of nitrogens with one attached hydrogen (secondary N) is 1. The van der Waals surface area contributed by atoms with Crippen LogP contribution in [0.3, 0.4) is 0 Å². The lowest BCUT2D eigenvalue weighted by molar-refractivity contribution is 0.419. The van der Waals surface area contributed by atoms with Gasteiger partial charge in [0.15, 0.2) is 0 Å². The molecule has 17 heavy (non-hydrogen) atoms. The number of hydrogen-bond acceptors (Lipinski definition) is 2.